The molecule has 0 atom stereocenters. The SMILES string of the molecule is COC(=O)c1nn(C)c(N)c1-c1cccc(O)c1. The number of methoxy groups -OCH3 is 1. The molecule has 0 spiro atoms. The fourth-order valence-electron chi connectivity index (χ4n) is 1.72. The van der Waals surface area contributed by atoms with Gasteiger partial charge < -0.3 is 15.6 Å². The number of aromatic nitrogens is 2. The first-order chi connectivity index (χ1) is 8.54. The number of nitrogens with two attached hydrogens (primary N) is 1. The van der Waals surface area contributed by atoms with Crippen molar-refractivity contribution in [3.63, 3.8) is 0 Å². The predicted molar refractivity (Wildman–Crippen MR) is 66.1 cm³/mol. The smallest absolute Gasteiger partial charge is 0.359 e. The van der Waals surface area contributed by atoms with Crippen LogP contribution in [0.3, 0.4) is 0 Å². The summed E-state index contributed by atoms with van der Waals surface area (Å²) in [5, 5.41) is 13.5. The van der Waals surface area contributed by atoms with Crippen LogP contribution in [0.25, 0.3) is 11.1 Å². The highest BCUT2D eigenvalue weighted by molar-refractivity contribution is 5.98. The first-order valence-electron chi connectivity index (χ1n) is 5.24. The summed E-state index contributed by atoms with van der Waals surface area (Å²) in [7, 11) is 2.91. The van der Waals surface area contributed by atoms with E-state index in [2.05, 4.69) is 9.84 Å². The van der Waals surface area contributed by atoms with Gasteiger partial charge in [-0.05, 0) is 17.7 Å². The summed E-state index contributed by atoms with van der Waals surface area (Å²) >= 11 is 0. The Morgan fingerprint density at radius 1 is 1.50 bits per heavy atom. The number of hydrogen-bond acceptors (Lipinski definition) is 5. The molecule has 18 heavy (non-hydrogen) atoms. The van der Waals surface area contributed by atoms with Gasteiger partial charge in [-0.2, -0.15) is 5.10 Å². The third-order valence-corrected chi connectivity index (χ3v) is 2.61. The lowest BCUT2D eigenvalue weighted by Crippen LogP contribution is -2.04. The van der Waals surface area contributed by atoms with Crippen molar-refractivity contribution >= 4 is 11.8 Å². The minimum absolute atomic E-state index is 0.0894. The molecule has 0 fully saturated rings. The molecule has 0 saturated heterocycles. The van der Waals surface area contributed by atoms with Crippen molar-refractivity contribution in [3.8, 4) is 16.9 Å². The Hall–Kier alpha value is -2.50. The second-order valence-electron chi connectivity index (χ2n) is 3.77. The van der Waals surface area contributed by atoms with Gasteiger partial charge >= 0.3 is 5.97 Å². The standard InChI is InChI=1S/C12H13N3O3/c1-15-11(13)9(10(14-15)12(17)18-2)7-4-3-5-8(16)6-7/h3-6,16H,13H2,1-2H3. The number of carbonyl (C=O) groups is 1. The molecule has 0 amide bonds. The summed E-state index contributed by atoms with van der Waals surface area (Å²) in [6.45, 7) is 0. The van der Waals surface area contributed by atoms with Crippen LogP contribution in [0.1, 0.15) is 10.5 Å². The summed E-state index contributed by atoms with van der Waals surface area (Å²) in [4.78, 5) is 11.6. The molecule has 0 aliphatic rings. The van der Waals surface area contributed by atoms with Gasteiger partial charge in [0.05, 0.1) is 12.7 Å². The number of aromatic hydroxyl groups is 1. The van der Waals surface area contributed by atoms with Crippen LogP contribution >= 0.6 is 0 Å². The number of ether oxygens (including phenoxy) is 1. The second kappa shape index (κ2) is 4.40. The Morgan fingerprint density at radius 2 is 2.22 bits per heavy atom. The zero-order valence-electron chi connectivity index (χ0n) is 10.0. The van der Waals surface area contributed by atoms with Crippen LogP contribution in [0.4, 0.5) is 5.82 Å². The maximum absolute atomic E-state index is 11.6. The zero-order valence-corrected chi connectivity index (χ0v) is 10.0. The van der Waals surface area contributed by atoms with E-state index in [1.54, 1.807) is 19.2 Å². The summed E-state index contributed by atoms with van der Waals surface area (Å²) in [5.41, 5.74) is 7.09. The first kappa shape index (κ1) is 12.0. The van der Waals surface area contributed by atoms with E-state index < -0.39 is 5.97 Å². The van der Waals surface area contributed by atoms with Crippen LogP contribution in [-0.2, 0) is 11.8 Å². The van der Waals surface area contributed by atoms with E-state index in [1.165, 1.54) is 23.9 Å². The molecule has 94 valence electrons. The normalized spacial score (nSPS) is 10.3. The van der Waals surface area contributed by atoms with Gasteiger partial charge in [0.2, 0.25) is 0 Å². The molecule has 6 heteroatoms. The topological polar surface area (TPSA) is 90.4 Å². The van der Waals surface area contributed by atoms with E-state index in [0.29, 0.717) is 16.9 Å². The fraction of sp³-hybridized carbons (Fsp3) is 0.167. The minimum Gasteiger partial charge on any atom is -0.508 e. The predicted octanol–water partition coefficient (Wildman–Crippen LogP) is 1.16. The summed E-state index contributed by atoms with van der Waals surface area (Å²) in [6.07, 6.45) is 0. The Morgan fingerprint density at radius 3 is 2.83 bits per heavy atom. The van der Waals surface area contributed by atoms with Gasteiger partial charge in [0.1, 0.15) is 11.6 Å². The minimum atomic E-state index is -0.569. The van der Waals surface area contributed by atoms with Crippen molar-refractivity contribution in [1.82, 2.24) is 9.78 Å². The number of aryl methyl sites for hydroxylation is 1. The Kier molecular flexibility index (Phi) is 2.93. The third kappa shape index (κ3) is 1.88. The number of nitrogen functional groups attached to an aromatic ring is 1. The van der Waals surface area contributed by atoms with Crippen LogP contribution < -0.4 is 5.73 Å². The fourth-order valence-corrected chi connectivity index (χ4v) is 1.72. The number of benzene rings is 1. The molecular formula is C12H13N3O3. The van der Waals surface area contributed by atoms with E-state index in [1.807, 2.05) is 0 Å². The zero-order chi connectivity index (χ0) is 13.3. The lowest BCUT2D eigenvalue weighted by atomic mass is 10.1. The van der Waals surface area contributed by atoms with Crippen molar-refractivity contribution in [1.29, 1.82) is 0 Å². The highest BCUT2D eigenvalue weighted by atomic mass is 16.5. The van der Waals surface area contributed by atoms with Gasteiger partial charge in [-0.25, -0.2) is 4.79 Å². The Labute approximate surface area is 104 Å². The largest absolute Gasteiger partial charge is 0.508 e. The molecule has 0 radical (unpaired) electrons. The number of rotatable bonds is 2. The molecule has 2 aromatic rings. The van der Waals surface area contributed by atoms with Crippen molar-refractivity contribution < 1.29 is 14.6 Å². The number of anilines is 1. The summed E-state index contributed by atoms with van der Waals surface area (Å²) in [6, 6.07) is 6.45. The highest BCUT2D eigenvalue weighted by Gasteiger charge is 2.22. The van der Waals surface area contributed by atoms with Gasteiger partial charge in [0, 0.05) is 7.05 Å². The lowest BCUT2D eigenvalue weighted by Gasteiger charge is -2.03. The molecule has 0 unspecified atom stereocenters. The highest BCUT2D eigenvalue weighted by Crippen LogP contribution is 2.31. The van der Waals surface area contributed by atoms with Gasteiger partial charge in [-0.3, -0.25) is 4.68 Å². The van der Waals surface area contributed by atoms with Crippen LogP contribution in [0.5, 0.6) is 5.75 Å². The van der Waals surface area contributed by atoms with E-state index in [-0.39, 0.29) is 11.4 Å². The monoisotopic (exact) mass is 247 g/mol. The van der Waals surface area contributed by atoms with Crippen molar-refractivity contribution in [2.24, 2.45) is 7.05 Å². The molecule has 1 heterocycles. The Bertz CT molecular complexity index is 605. The van der Waals surface area contributed by atoms with Crippen LogP contribution in [-0.4, -0.2) is 28.0 Å². The van der Waals surface area contributed by atoms with Crippen molar-refractivity contribution in [3.05, 3.63) is 30.0 Å². The average Bonchev–Trinajstić information content (AvgIpc) is 2.65. The van der Waals surface area contributed by atoms with Gasteiger partial charge in [0.15, 0.2) is 5.69 Å². The number of phenolic OH excluding ortho intramolecular Hbond substituents is 1. The third-order valence-electron chi connectivity index (χ3n) is 2.61. The van der Waals surface area contributed by atoms with Gasteiger partial charge in [-0.15, -0.1) is 0 Å². The maximum Gasteiger partial charge on any atom is 0.359 e. The molecule has 0 aliphatic heterocycles. The summed E-state index contributed by atoms with van der Waals surface area (Å²) < 4.78 is 6.06. The molecule has 1 aromatic carbocycles. The van der Waals surface area contributed by atoms with Crippen LogP contribution in [0.2, 0.25) is 0 Å². The molecule has 2 rings (SSSR count). The number of carbonyl (C=O) groups excluding carboxylic acids is 1. The molecule has 6 nitrogen and oxygen atoms in total. The lowest BCUT2D eigenvalue weighted by molar-refractivity contribution is 0.0594. The van der Waals surface area contributed by atoms with E-state index in [9.17, 15) is 9.90 Å². The van der Waals surface area contributed by atoms with Crippen LogP contribution in [0.15, 0.2) is 24.3 Å². The van der Waals surface area contributed by atoms with Gasteiger partial charge in [0.25, 0.3) is 0 Å². The molecule has 0 aliphatic carbocycles. The number of phenols is 1. The molecule has 0 bridgehead atoms. The number of hydrogen-bond donors (Lipinski definition) is 2. The Balaban J connectivity index is 2.66. The van der Waals surface area contributed by atoms with E-state index >= 15 is 0 Å². The molecule has 0 saturated carbocycles. The van der Waals surface area contributed by atoms with E-state index in [0.717, 1.165) is 0 Å². The number of nitrogens with zero attached hydrogens (tertiary/aromatic N) is 2. The second-order valence-corrected chi connectivity index (χ2v) is 3.77. The van der Waals surface area contributed by atoms with Gasteiger partial charge in [-0.1, -0.05) is 12.1 Å². The molecular weight excluding hydrogens is 234 g/mol. The van der Waals surface area contributed by atoms with E-state index in [4.69, 9.17) is 5.73 Å². The number of esters is 1. The van der Waals surface area contributed by atoms with Crippen LogP contribution in [0, 0.1) is 0 Å². The first-order valence-corrected chi connectivity index (χ1v) is 5.24. The van der Waals surface area contributed by atoms with Crippen molar-refractivity contribution in [2.45, 2.75) is 0 Å². The molecule has 3 N–H and O–H groups in total. The maximum atomic E-state index is 11.6. The average molecular weight is 247 g/mol. The molecule has 1 aromatic heterocycles. The summed E-state index contributed by atoms with van der Waals surface area (Å²) in [5.74, 6) is -0.145. The van der Waals surface area contributed by atoms with Crippen molar-refractivity contribution in [2.75, 3.05) is 12.8 Å². The quantitative estimate of drug-likeness (QED) is 0.777.